The number of fused-ring (bicyclic) bond motifs is 1. The van der Waals surface area contributed by atoms with E-state index < -0.39 is 0 Å². The highest BCUT2D eigenvalue weighted by Gasteiger charge is 2.64. The van der Waals surface area contributed by atoms with Crippen LogP contribution < -0.4 is 5.43 Å². The lowest BCUT2D eigenvalue weighted by molar-refractivity contribution is -0.123. The van der Waals surface area contributed by atoms with E-state index >= 15 is 0 Å². The van der Waals surface area contributed by atoms with Crippen molar-refractivity contribution in [2.45, 2.75) is 32.6 Å². The molecule has 2 saturated carbocycles. The van der Waals surface area contributed by atoms with Gasteiger partial charge in [-0.2, -0.15) is 5.10 Å². The van der Waals surface area contributed by atoms with Gasteiger partial charge in [-0.1, -0.05) is 31.9 Å². The normalized spacial score (nSPS) is 31.9. The summed E-state index contributed by atoms with van der Waals surface area (Å²) in [4.78, 5) is 12.2. The Kier molecular flexibility index (Phi) is 3.84. The molecule has 4 heteroatoms. The summed E-state index contributed by atoms with van der Waals surface area (Å²) in [6.45, 7) is 2.25. The van der Waals surface area contributed by atoms with E-state index in [0.29, 0.717) is 5.92 Å². The summed E-state index contributed by atoms with van der Waals surface area (Å²) in [5, 5.41) is 4.11. The molecule has 0 unspecified atom stereocenters. The van der Waals surface area contributed by atoms with E-state index in [-0.39, 0.29) is 17.2 Å². The molecular weight excluding hydrogens is 363 g/mol. The molecule has 0 saturated heterocycles. The number of nitrogens with one attached hydrogen (secondary N) is 1. The zero-order valence-corrected chi connectivity index (χ0v) is 13.8. The van der Waals surface area contributed by atoms with Gasteiger partial charge in [0, 0.05) is 9.49 Å². The summed E-state index contributed by atoms with van der Waals surface area (Å²) >= 11 is 2.27. The second-order valence-electron chi connectivity index (χ2n) is 6.13. The molecule has 3 nitrogen and oxygen atoms in total. The molecule has 0 radical (unpaired) electrons. The first-order valence-electron chi connectivity index (χ1n) is 7.20. The van der Waals surface area contributed by atoms with Crippen LogP contribution in [0.2, 0.25) is 0 Å². The zero-order chi connectivity index (χ0) is 14.2. The Morgan fingerprint density at radius 3 is 3.05 bits per heavy atom. The van der Waals surface area contributed by atoms with Gasteiger partial charge in [-0.05, 0) is 64.5 Å². The quantitative estimate of drug-likeness (QED) is 0.485. The lowest BCUT2D eigenvalue weighted by atomic mass is 9.90. The summed E-state index contributed by atoms with van der Waals surface area (Å²) in [5.41, 5.74) is 3.98. The monoisotopic (exact) mass is 382 g/mol. The Bertz CT molecular complexity index is 557. The number of hydrazone groups is 1. The zero-order valence-electron chi connectivity index (χ0n) is 11.6. The van der Waals surface area contributed by atoms with Gasteiger partial charge in [0.1, 0.15) is 0 Å². The average molecular weight is 382 g/mol. The predicted molar refractivity (Wildman–Crippen MR) is 88.5 cm³/mol. The predicted octanol–water partition coefficient (Wildman–Crippen LogP) is 3.57. The van der Waals surface area contributed by atoms with Crippen LogP contribution in [0.4, 0.5) is 0 Å². The average Bonchev–Trinajstić information content (AvgIpc) is 3.04. The van der Waals surface area contributed by atoms with E-state index in [4.69, 9.17) is 0 Å². The molecule has 0 aromatic heterocycles. The number of carbonyl (C=O) groups excluding carboxylic acids is 1. The van der Waals surface area contributed by atoms with Crippen LogP contribution in [0.5, 0.6) is 0 Å². The molecule has 2 fully saturated rings. The highest BCUT2D eigenvalue weighted by atomic mass is 127. The van der Waals surface area contributed by atoms with Crippen LogP contribution in [0.1, 0.15) is 38.2 Å². The van der Waals surface area contributed by atoms with Gasteiger partial charge in [-0.25, -0.2) is 5.43 Å². The SMILES string of the molecule is C[C@]12CCCC[C@H]1[C@@H]2C(=O)N/N=C\c1cccc(I)c1. The van der Waals surface area contributed by atoms with Crippen LogP contribution in [0, 0.1) is 20.8 Å². The molecule has 20 heavy (non-hydrogen) atoms. The van der Waals surface area contributed by atoms with Gasteiger partial charge in [-0.3, -0.25) is 4.79 Å². The van der Waals surface area contributed by atoms with Crippen molar-refractivity contribution in [1.29, 1.82) is 0 Å². The lowest BCUT2D eigenvalue weighted by Gasteiger charge is -2.15. The van der Waals surface area contributed by atoms with E-state index in [0.717, 1.165) is 5.56 Å². The van der Waals surface area contributed by atoms with Gasteiger partial charge in [0.25, 0.3) is 0 Å². The molecule has 1 aromatic carbocycles. The second-order valence-corrected chi connectivity index (χ2v) is 7.37. The number of hydrogen-bond acceptors (Lipinski definition) is 2. The van der Waals surface area contributed by atoms with Gasteiger partial charge in [0.15, 0.2) is 0 Å². The first-order chi connectivity index (χ1) is 9.61. The minimum atomic E-state index is 0.0984. The van der Waals surface area contributed by atoms with Crippen LogP contribution >= 0.6 is 22.6 Å². The third-order valence-corrected chi connectivity index (χ3v) is 5.52. The Morgan fingerprint density at radius 2 is 2.35 bits per heavy atom. The van der Waals surface area contributed by atoms with Crippen molar-refractivity contribution in [3.63, 3.8) is 0 Å². The van der Waals surface area contributed by atoms with Crippen molar-refractivity contribution in [1.82, 2.24) is 5.43 Å². The third-order valence-electron chi connectivity index (χ3n) is 4.85. The number of carbonyl (C=O) groups is 1. The molecule has 1 N–H and O–H groups in total. The molecule has 1 aromatic rings. The maximum absolute atomic E-state index is 12.2. The molecule has 0 heterocycles. The van der Waals surface area contributed by atoms with Gasteiger partial charge >= 0.3 is 0 Å². The smallest absolute Gasteiger partial charge is 0.244 e. The van der Waals surface area contributed by atoms with Gasteiger partial charge in [-0.15, -0.1) is 0 Å². The number of hydrogen-bond donors (Lipinski definition) is 1. The Hall–Kier alpha value is -0.910. The first-order valence-corrected chi connectivity index (χ1v) is 8.27. The van der Waals surface area contributed by atoms with Crippen molar-refractivity contribution in [2.24, 2.45) is 22.4 Å². The van der Waals surface area contributed by atoms with E-state index in [1.807, 2.05) is 24.3 Å². The van der Waals surface area contributed by atoms with E-state index in [9.17, 15) is 4.79 Å². The molecule has 3 rings (SSSR count). The topological polar surface area (TPSA) is 41.5 Å². The molecule has 2 aliphatic carbocycles. The van der Waals surface area contributed by atoms with Crippen molar-refractivity contribution < 1.29 is 4.79 Å². The summed E-state index contributed by atoms with van der Waals surface area (Å²) < 4.78 is 1.17. The fourth-order valence-corrected chi connectivity index (χ4v) is 4.24. The lowest BCUT2D eigenvalue weighted by Crippen LogP contribution is -2.22. The number of nitrogens with zero attached hydrogens (tertiary/aromatic N) is 1. The van der Waals surface area contributed by atoms with Crippen molar-refractivity contribution >= 4 is 34.7 Å². The Morgan fingerprint density at radius 1 is 1.50 bits per heavy atom. The molecular formula is C16H19IN2O. The van der Waals surface area contributed by atoms with Gasteiger partial charge < -0.3 is 0 Å². The Balaban J connectivity index is 1.58. The fourth-order valence-electron chi connectivity index (χ4n) is 3.68. The molecule has 0 aliphatic heterocycles. The number of amides is 1. The largest absolute Gasteiger partial charge is 0.273 e. The minimum Gasteiger partial charge on any atom is -0.273 e. The van der Waals surface area contributed by atoms with E-state index in [1.54, 1.807) is 6.21 Å². The van der Waals surface area contributed by atoms with Gasteiger partial charge in [0.05, 0.1) is 6.21 Å². The van der Waals surface area contributed by atoms with Crippen molar-refractivity contribution in [2.75, 3.05) is 0 Å². The van der Waals surface area contributed by atoms with Crippen LogP contribution in [0.15, 0.2) is 29.4 Å². The van der Waals surface area contributed by atoms with Crippen LogP contribution in [0.25, 0.3) is 0 Å². The number of benzene rings is 1. The maximum atomic E-state index is 12.2. The van der Waals surface area contributed by atoms with Crippen LogP contribution in [-0.4, -0.2) is 12.1 Å². The summed E-state index contributed by atoms with van der Waals surface area (Å²) in [6, 6.07) is 8.04. The minimum absolute atomic E-state index is 0.0984. The highest BCUT2D eigenvalue weighted by Crippen LogP contribution is 2.66. The molecule has 2 aliphatic rings. The number of rotatable bonds is 3. The van der Waals surface area contributed by atoms with Gasteiger partial charge in [0.2, 0.25) is 5.91 Å². The molecule has 0 bridgehead atoms. The van der Waals surface area contributed by atoms with Crippen molar-refractivity contribution in [3.8, 4) is 0 Å². The molecule has 106 valence electrons. The molecule has 1 amide bonds. The van der Waals surface area contributed by atoms with E-state index in [2.05, 4.69) is 40.0 Å². The third kappa shape index (κ3) is 2.62. The second kappa shape index (κ2) is 5.47. The van der Waals surface area contributed by atoms with E-state index in [1.165, 1.54) is 29.3 Å². The summed E-state index contributed by atoms with van der Waals surface area (Å²) in [5.74, 6) is 0.864. The van der Waals surface area contributed by atoms with Crippen LogP contribution in [0.3, 0.4) is 0 Å². The molecule has 3 atom stereocenters. The first kappa shape index (κ1) is 14.0. The summed E-state index contributed by atoms with van der Waals surface area (Å²) in [7, 11) is 0. The Labute approximate surface area is 133 Å². The number of halogens is 1. The highest BCUT2D eigenvalue weighted by molar-refractivity contribution is 14.1. The molecule has 0 spiro atoms. The summed E-state index contributed by atoms with van der Waals surface area (Å²) in [6.07, 6.45) is 6.65. The maximum Gasteiger partial charge on any atom is 0.244 e. The van der Waals surface area contributed by atoms with Crippen LogP contribution in [-0.2, 0) is 4.79 Å². The van der Waals surface area contributed by atoms with Crippen molar-refractivity contribution in [3.05, 3.63) is 33.4 Å². The standard InChI is InChI=1S/C16H19IN2O/c1-16-8-3-2-7-13(16)14(16)15(20)19-18-10-11-5-4-6-12(17)9-11/h4-6,9-10,13-14H,2-3,7-8H2,1H3,(H,19,20)/b18-10-/t13-,14+,16-/m0/s1. The fraction of sp³-hybridized carbons (Fsp3) is 0.500.